The number of furan rings is 2. The predicted molar refractivity (Wildman–Crippen MR) is 204 cm³/mol. The van der Waals surface area contributed by atoms with Gasteiger partial charge in [0, 0.05) is 38.3 Å². The Morgan fingerprint density at radius 3 is 1.88 bits per heavy atom. The van der Waals surface area contributed by atoms with Crippen LogP contribution in [0, 0.1) is 0 Å². The molecule has 10 aromatic rings. The molecule has 2 aromatic heterocycles. The van der Waals surface area contributed by atoms with Crippen molar-refractivity contribution in [2.75, 3.05) is 4.90 Å². The molecule has 0 aliphatic rings. The molecule has 0 bridgehead atoms. The summed E-state index contributed by atoms with van der Waals surface area (Å²) >= 11 is 0. The average molecular weight is 633 g/mol. The van der Waals surface area contributed by atoms with E-state index in [0.29, 0.717) is 16.7 Å². The quantitative estimate of drug-likeness (QED) is 0.189. The molecule has 0 radical (unpaired) electrons. The molecule has 3 heteroatoms. The fourth-order valence-corrected chi connectivity index (χ4v) is 7.08. The highest BCUT2D eigenvalue weighted by Crippen LogP contribution is 2.43. The van der Waals surface area contributed by atoms with Gasteiger partial charge in [-0.2, -0.15) is 0 Å². The van der Waals surface area contributed by atoms with E-state index in [1.807, 2.05) is 78.9 Å². The second-order valence-corrected chi connectivity index (χ2v) is 12.1. The summed E-state index contributed by atoms with van der Waals surface area (Å²) in [6.45, 7) is 0. The van der Waals surface area contributed by atoms with Gasteiger partial charge in [0.1, 0.15) is 16.7 Å². The number of rotatable bonds is 5. The van der Waals surface area contributed by atoms with Crippen LogP contribution < -0.4 is 4.90 Å². The van der Waals surface area contributed by atoms with Crippen LogP contribution in [-0.4, -0.2) is 0 Å². The van der Waals surface area contributed by atoms with E-state index < -0.39 is 6.04 Å². The predicted octanol–water partition coefficient (Wildman–Crippen LogP) is 13.4. The molecule has 8 aromatic carbocycles. The fraction of sp³-hybridized carbons (Fsp3) is 0. The summed E-state index contributed by atoms with van der Waals surface area (Å²) in [5.74, 6) is 0. The number of para-hydroxylation sites is 3. The number of benzene rings is 8. The minimum absolute atomic E-state index is 0.172. The summed E-state index contributed by atoms with van der Waals surface area (Å²) in [6.07, 6.45) is 0. The monoisotopic (exact) mass is 632 g/mol. The Morgan fingerprint density at radius 1 is 0.408 bits per heavy atom. The molecule has 0 aliphatic carbocycles. The van der Waals surface area contributed by atoms with Crippen LogP contribution in [0.3, 0.4) is 0 Å². The van der Waals surface area contributed by atoms with Gasteiger partial charge in [0.2, 0.25) is 0 Å². The van der Waals surface area contributed by atoms with Crippen molar-refractivity contribution in [2.45, 2.75) is 0 Å². The number of nitrogens with zero attached hydrogens (tertiary/aromatic N) is 1. The van der Waals surface area contributed by atoms with E-state index in [1.54, 1.807) is 0 Å². The zero-order valence-corrected chi connectivity index (χ0v) is 26.1. The lowest BCUT2D eigenvalue weighted by molar-refractivity contribution is 0.669. The number of hydrogen-bond donors (Lipinski definition) is 0. The third kappa shape index (κ3) is 4.44. The molecule has 0 aliphatic heterocycles. The fourth-order valence-electron chi connectivity index (χ4n) is 7.08. The number of anilines is 3. The molecule has 0 atom stereocenters. The zero-order chi connectivity index (χ0) is 36.7. The lowest BCUT2D eigenvalue weighted by atomic mass is 9.95. The van der Waals surface area contributed by atoms with E-state index in [9.17, 15) is 0 Å². The maximum Gasteiger partial charge on any atom is 0.159 e. The minimum Gasteiger partial charge on any atom is -0.455 e. The molecular weight excluding hydrogens is 599 g/mol. The molecule has 0 saturated carbocycles. The van der Waals surface area contributed by atoms with Gasteiger partial charge < -0.3 is 13.7 Å². The summed E-state index contributed by atoms with van der Waals surface area (Å²) in [5.41, 5.74) is 8.72. The van der Waals surface area contributed by atoms with Crippen LogP contribution in [0.4, 0.5) is 17.1 Å². The van der Waals surface area contributed by atoms with Crippen LogP contribution in [-0.2, 0) is 0 Å². The lowest BCUT2D eigenvalue weighted by Gasteiger charge is -2.25. The van der Waals surface area contributed by atoms with Crippen LogP contribution in [0.1, 0.15) is 6.85 Å². The van der Waals surface area contributed by atoms with Gasteiger partial charge in [-0.15, -0.1) is 0 Å². The summed E-state index contributed by atoms with van der Waals surface area (Å²) < 4.78 is 55.2. The summed E-state index contributed by atoms with van der Waals surface area (Å²) in [7, 11) is 0. The van der Waals surface area contributed by atoms with Gasteiger partial charge in [-0.1, -0.05) is 121 Å². The Hall–Kier alpha value is -6.58. The average Bonchev–Trinajstić information content (AvgIpc) is 3.79. The smallest absolute Gasteiger partial charge is 0.159 e. The van der Waals surface area contributed by atoms with E-state index in [-0.39, 0.29) is 29.7 Å². The minimum atomic E-state index is -0.412. The summed E-state index contributed by atoms with van der Waals surface area (Å²) in [5, 5.41) is 5.38. The van der Waals surface area contributed by atoms with E-state index in [0.717, 1.165) is 71.7 Å². The number of hydrogen-bond acceptors (Lipinski definition) is 3. The first-order chi connectivity index (χ1) is 26.4. The molecule has 0 unspecified atom stereocenters. The maximum atomic E-state index is 8.70. The highest BCUT2D eigenvalue weighted by Gasteiger charge is 2.20. The van der Waals surface area contributed by atoms with Gasteiger partial charge >= 0.3 is 0 Å². The van der Waals surface area contributed by atoms with Crippen LogP contribution in [0.15, 0.2) is 185 Å². The highest BCUT2D eigenvalue weighted by atomic mass is 16.3. The van der Waals surface area contributed by atoms with Crippen molar-refractivity contribution in [1.82, 2.24) is 0 Å². The summed E-state index contributed by atoms with van der Waals surface area (Å²) in [4.78, 5) is 2.22. The van der Waals surface area contributed by atoms with E-state index >= 15 is 0 Å². The van der Waals surface area contributed by atoms with Gasteiger partial charge in [-0.05, 0) is 82.2 Å². The molecular formula is C46H29NO2. The van der Waals surface area contributed by atoms with Gasteiger partial charge in [-0.3, -0.25) is 0 Å². The Morgan fingerprint density at radius 2 is 1.04 bits per heavy atom. The Balaban J connectivity index is 1.09. The first-order valence-electron chi connectivity index (χ1n) is 18.7. The molecule has 49 heavy (non-hydrogen) atoms. The van der Waals surface area contributed by atoms with Crippen LogP contribution in [0.25, 0.3) is 76.9 Å². The molecule has 0 amide bonds. The molecule has 0 saturated heterocycles. The molecule has 0 spiro atoms. The highest BCUT2D eigenvalue weighted by molar-refractivity contribution is 6.19. The van der Waals surface area contributed by atoms with Crippen LogP contribution in [0.5, 0.6) is 0 Å². The van der Waals surface area contributed by atoms with Gasteiger partial charge in [0.05, 0.1) is 12.5 Å². The Kier molecular flexibility index (Phi) is 5.13. The van der Waals surface area contributed by atoms with E-state index in [4.69, 9.17) is 15.7 Å². The third-order valence-electron chi connectivity index (χ3n) is 9.35. The summed E-state index contributed by atoms with van der Waals surface area (Å²) in [6, 6.07) is 47.2. The maximum absolute atomic E-state index is 8.70. The number of fused-ring (bicyclic) bond motifs is 8. The molecule has 3 nitrogen and oxygen atoms in total. The van der Waals surface area contributed by atoms with Crippen molar-refractivity contribution >= 4 is 71.7 Å². The van der Waals surface area contributed by atoms with E-state index in [1.165, 1.54) is 0 Å². The molecule has 10 rings (SSSR count). The van der Waals surface area contributed by atoms with Gasteiger partial charge in [-0.25, -0.2) is 0 Å². The van der Waals surface area contributed by atoms with Crippen LogP contribution in [0.2, 0.25) is 0 Å². The standard InChI is InChI=1S/C46H29NO2/c1-3-12-31(13-4-1)40-29-41-37-27-24-32(28-44(37)49-45(41)38-18-8-7-16-35(38)40)30-22-25-34(26-23-30)47(33-14-5-2-6-15-33)42-20-11-19-39-36-17-9-10-21-43(36)48-46(39)42/h1-29H/i1D,3D,4D,12D,13D. The molecule has 2 heterocycles. The van der Waals surface area contributed by atoms with Crippen molar-refractivity contribution < 1.29 is 15.7 Å². The topological polar surface area (TPSA) is 29.5 Å². The Labute approximate surface area is 289 Å². The van der Waals surface area contributed by atoms with Crippen molar-refractivity contribution in [3.05, 3.63) is 176 Å². The lowest BCUT2D eigenvalue weighted by Crippen LogP contribution is -2.10. The van der Waals surface area contributed by atoms with Gasteiger partial charge in [0.15, 0.2) is 5.58 Å². The van der Waals surface area contributed by atoms with Crippen molar-refractivity contribution in [3.8, 4) is 22.3 Å². The second kappa shape index (κ2) is 11.0. The second-order valence-electron chi connectivity index (χ2n) is 12.1. The first kappa shape index (κ1) is 22.9. The molecule has 0 fully saturated rings. The first-order valence-corrected chi connectivity index (χ1v) is 16.2. The molecule has 0 N–H and O–H groups in total. The normalized spacial score (nSPS) is 13.1. The third-order valence-corrected chi connectivity index (χ3v) is 9.35. The van der Waals surface area contributed by atoms with Crippen LogP contribution >= 0.6 is 0 Å². The van der Waals surface area contributed by atoms with Gasteiger partial charge in [0.25, 0.3) is 0 Å². The van der Waals surface area contributed by atoms with Crippen molar-refractivity contribution in [3.63, 3.8) is 0 Å². The SMILES string of the molecule is [2H]c1c([2H])c([2H])c(-c2cc3c4ccc(-c5ccc(N(c6ccccc6)c6cccc7c6oc6ccccc67)cc5)cc4oc3c3ccccc23)c([2H])c1[2H]. The molecule has 230 valence electrons. The Bertz CT molecular complexity index is 3080. The van der Waals surface area contributed by atoms with E-state index in [2.05, 4.69) is 71.6 Å². The van der Waals surface area contributed by atoms with Crippen molar-refractivity contribution in [2.24, 2.45) is 0 Å². The zero-order valence-electron chi connectivity index (χ0n) is 31.1. The largest absolute Gasteiger partial charge is 0.455 e. The van der Waals surface area contributed by atoms with Crippen molar-refractivity contribution in [1.29, 1.82) is 0 Å².